The van der Waals surface area contributed by atoms with Crippen LogP contribution in [0.5, 0.6) is 0 Å². The van der Waals surface area contributed by atoms with E-state index in [0.29, 0.717) is 19.4 Å². The van der Waals surface area contributed by atoms with Gasteiger partial charge in [0.25, 0.3) is 0 Å². The molecule has 0 unspecified atom stereocenters. The molecule has 150 valence electrons. The second-order valence-corrected chi connectivity index (χ2v) is 6.26. The van der Waals surface area contributed by atoms with Crippen molar-refractivity contribution in [3.63, 3.8) is 0 Å². The number of amides is 3. The smallest absolute Gasteiger partial charge is 0.242 e. The first-order valence-electron chi connectivity index (χ1n) is 9.33. The fourth-order valence-corrected chi connectivity index (χ4v) is 2.44. The number of rotatable bonds is 15. The number of carbonyl (C=O) groups is 3. The maximum Gasteiger partial charge on any atom is 0.242 e. The predicted molar refractivity (Wildman–Crippen MR) is 103 cm³/mol. The Hall–Kier alpha value is -1.93. The molecule has 0 aromatic heterocycles. The van der Waals surface area contributed by atoms with Gasteiger partial charge in [0.15, 0.2) is 0 Å². The predicted octanol–water partition coefficient (Wildman–Crippen LogP) is -0.216. The van der Waals surface area contributed by atoms with Gasteiger partial charge in [-0.15, -0.1) is 0 Å². The van der Waals surface area contributed by atoms with Gasteiger partial charge < -0.3 is 27.4 Å². The third-order valence-electron chi connectivity index (χ3n) is 3.93. The largest absolute Gasteiger partial charge is 0.369 e. The van der Waals surface area contributed by atoms with Crippen molar-refractivity contribution in [3.05, 3.63) is 12.2 Å². The third kappa shape index (κ3) is 11.6. The molecule has 0 heterocycles. The minimum Gasteiger partial charge on any atom is -0.369 e. The molecule has 0 saturated carbocycles. The lowest BCUT2D eigenvalue weighted by Gasteiger charge is -2.18. The van der Waals surface area contributed by atoms with Gasteiger partial charge in [-0.2, -0.15) is 0 Å². The number of hydrogen-bond acceptors (Lipinski definition) is 5. The van der Waals surface area contributed by atoms with Gasteiger partial charge in [-0.3, -0.25) is 14.4 Å². The van der Waals surface area contributed by atoms with Crippen molar-refractivity contribution >= 4 is 17.7 Å². The highest BCUT2D eigenvalue weighted by Gasteiger charge is 2.19. The number of nitrogens with one attached hydrogen (secondary N) is 3. The molecule has 0 fully saturated rings. The molecular formula is C18H35N5O3. The summed E-state index contributed by atoms with van der Waals surface area (Å²) in [6, 6.07) is -0.595. The summed E-state index contributed by atoms with van der Waals surface area (Å²) in [5, 5.41) is 8.24. The quantitative estimate of drug-likeness (QED) is 0.201. The molecule has 0 aliphatic carbocycles. The summed E-state index contributed by atoms with van der Waals surface area (Å²) in [6.45, 7) is 3.03. The van der Waals surface area contributed by atoms with Crippen LogP contribution in [0.1, 0.15) is 45.4 Å². The number of carbonyl (C=O) groups excluding carboxylic acids is 3. The molecule has 0 aliphatic heterocycles. The molecule has 0 spiro atoms. The van der Waals surface area contributed by atoms with Crippen molar-refractivity contribution < 1.29 is 14.4 Å². The van der Waals surface area contributed by atoms with Gasteiger partial charge in [0, 0.05) is 6.54 Å². The number of hydrogen-bond donors (Lipinski definition) is 5. The summed E-state index contributed by atoms with van der Waals surface area (Å²) in [4.78, 5) is 35.5. The van der Waals surface area contributed by atoms with Gasteiger partial charge >= 0.3 is 0 Å². The Balaban J connectivity index is 4.53. The fraction of sp³-hybridized carbons (Fsp3) is 0.722. The van der Waals surface area contributed by atoms with Crippen molar-refractivity contribution in [1.82, 2.24) is 16.0 Å². The molecule has 0 bridgehead atoms. The Kier molecular flexibility index (Phi) is 14.2. The van der Waals surface area contributed by atoms with E-state index >= 15 is 0 Å². The normalized spacial score (nSPS) is 13.3. The molecule has 26 heavy (non-hydrogen) atoms. The van der Waals surface area contributed by atoms with Gasteiger partial charge in [0.2, 0.25) is 17.7 Å². The SMILES string of the molecule is CCCC[C@H](/C=C/CNC(=O)[C@H](CCCCN)NC(=O)CNC)C(N)=O. The fourth-order valence-electron chi connectivity index (χ4n) is 2.44. The highest BCUT2D eigenvalue weighted by atomic mass is 16.2. The van der Waals surface area contributed by atoms with Crippen molar-refractivity contribution in [3.8, 4) is 0 Å². The highest BCUT2D eigenvalue weighted by molar-refractivity contribution is 5.88. The van der Waals surface area contributed by atoms with Crippen molar-refractivity contribution in [1.29, 1.82) is 0 Å². The van der Waals surface area contributed by atoms with E-state index < -0.39 is 6.04 Å². The van der Waals surface area contributed by atoms with Gasteiger partial charge in [0.1, 0.15) is 6.04 Å². The Bertz CT molecular complexity index is 454. The van der Waals surface area contributed by atoms with Gasteiger partial charge in [0.05, 0.1) is 12.5 Å². The summed E-state index contributed by atoms with van der Waals surface area (Å²) < 4.78 is 0. The monoisotopic (exact) mass is 369 g/mol. The Morgan fingerprint density at radius 3 is 2.42 bits per heavy atom. The standard InChI is InChI=1S/C18H35N5O3/c1-3-4-8-14(17(20)25)9-7-12-22-18(26)15(10-5-6-11-19)23-16(24)13-21-2/h7,9,14-15,21H,3-6,8,10-13,19H2,1-2H3,(H2,20,25)(H,22,26)(H,23,24)/b9-7+/t14-,15+/m1/s1. The van der Waals surface area contributed by atoms with E-state index in [1.165, 1.54) is 0 Å². The van der Waals surface area contributed by atoms with Crippen LogP contribution in [0.25, 0.3) is 0 Å². The van der Waals surface area contributed by atoms with Crippen molar-refractivity contribution in [2.75, 3.05) is 26.7 Å². The highest BCUT2D eigenvalue weighted by Crippen LogP contribution is 2.09. The Morgan fingerprint density at radius 1 is 1.12 bits per heavy atom. The van der Waals surface area contributed by atoms with E-state index in [1.54, 1.807) is 19.2 Å². The van der Waals surface area contributed by atoms with Crippen LogP contribution in [0.3, 0.4) is 0 Å². The molecule has 0 rings (SSSR count). The van der Waals surface area contributed by atoms with E-state index in [0.717, 1.165) is 25.7 Å². The van der Waals surface area contributed by atoms with Crippen LogP contribution in [-0.2, 0) is 14.4 Å². The zero-order chi connectivity index (χ0) is 19.8. The topological polar surface area (TPSA) is 139 Å². The Labute approximate surface area is 156 Å². The minimum atomic E-state index is -0.595. The molecule has 7 N–H and O–H groups in total. The summed E-state index contributed by atoms with van der Waals surface area (Å²) in [5.74, 6) is -1.16. The van der Waals surface area contributed by atoms with E-state index in [1.807, 2.05) is 0 Å². The maximum absolute atomic E-state index is 12.3. The van der Waals surface area contributed by atoms with Crippen LogP contribution in [0.4, 0.5) is 0 Å². The second-order valence-electron chi connectivity index (χ2n) is 6.26. The van der Waals surface area contributed by atoms with E-state index in [2.05, 4.69) is 22.9 Å². The minimum absolute atomic E-state index is 0.151. The Morgan fingerprint density at radius 2 is 1.85 bits per heavy atom. The summed E-state index contributed by atoms with van der Waals surface area (Å²) in [7, 11) is 1.67. The second kappa shape index (κ2) is 15.3. The molecule has 3 amide bonds. The van der Waals surface area contributed by atoms with E-state index in [9.17, 15) is 14.4 Å². The van der Waals surface area contributed by atoms with Gasteiger partial charge in [-0.25, -0.2) is 0 Å². The first kappa shape index (κ1) is 24.1. The molecule has 0 radical (unpaired) electrons. The molecule has 0 aliphatic rings. The van der Waals surface area contributed by atoms with Crippen LogP contribution >= 0.6 is 0 Å². The number of unbranched alkanes of at least 4 members (excludes halogenated alkanes) is 2. The first-order chi connectivity index (χ1) is 12.5. The lowest BCUT2D eigenvalue weighted by molar-refractivity contribution is -0.128. The van der Waals surface area contributed by atoms with Crippen LogP contribution in [0.15, 0.2) is 12.2 Å². The zero-order valence-electron chi connectivity index (χ0n) is 16.1. The summed E-state index contributed by atoms with van der Waals surface area (Å²) >= 11 is 0. The molecule has 0 aromatic carbocycles. The number of likely N-dealkylation sites (N-methyl/N-ethyl adjacent to an activating group) is 1. The van der Waals surface area contributed by atoms with Gasteiger partial charge in [-0.1, -0.05) is 31.9 Å². The van der Waals surface area contributed by atoms with Crippen LogP contribution in [-0.4, -0.2) is 50.4 Å². The average molecular weight is 370 g/mol. The van der Waals surface area contributed by atoms with Crippen LogP contribution in [0, 0.1) is 5.92 Å². The number of primary amides is 1. The van der Waals surface area contributed by atoms with E-state index in [4.69, 9.17) is 11.5 Å². The maximum atomic E-state index is 12.3. The zero-order valence-corrected chi connectivity index (χ0v) is 16.1. The third-order valence-corrected chi connectivity index (χ3v) is 3.93. The molecule has 8 heteroatoms. The van der Waals surface area contributed by atoms with Crippen molar-refractivity contribution in [2.24, 2.45) is 17.4 Å². The van der Waals surface area contributed by atoms with Crippen LogP contribution in [0.2, 0.25) is 0 Å². The van der Waals surface area contributed by atoms with Gasteiger partial charge in [-0.05, 0) is 39.3 Å². The first-order valence-corrected chi connectivity index (χ1v) is 9.33. The lowest BCUT2D eigenvalue weighted by Crippen LogP contribution is -2.48. The number of nitrogens with two attached hydrogens (primary N) is 2. The summed E-state index contributed by atoms with van der Waals surface area (Å²) in [5.41, 5.74) is 10.9. The average Bonchev–Trinajstić information content (AvgIpc) is 2.60. The lowest BCUT2D eigenvalue weighted by atomic mass is 10.0. The molecule has 0 aromatic rings. The molecular weight excluding hydrogens is 334 g/mol. The summed E-state index contributed by atoms with van der Waals surface area (Å²) in [6.07, 6.45) is 8.17. The van der Waals surface area contributed by atoms with Crippen molar-refractivity contribution in [2.45, 2.75) is 51.5 Å². The van der Waals surface area contributed by atoms with E-state index in [-0.39, 0.29) is 36.7 Å². The molecule has 8 nitrogen and oxygen atoms in total. The molecule has 0 saturated heterocycles. The molecule has 2 atom stereocenters. The van der Waals surface area contributed by atoms with Crippen LogP contribution < -0.4 is 27.4 Å².